The van der Waals surface area contributed by atoms with E-state index in [-0.39, 0.29) is 29.2 Å². The second kappa shape index (κ2) is 4.46. The van der Waals surface area contributed by atoms with Crippen LogP contribution in [0.1, 0.15) is 12.2 Å². The highest BCUT2D eigenvalue weighted by atomic mass is 35.5. The van der Waals surface area contributed by atoms with Crippen molar-refractivity contribution in [2.45, 2.75) is 19.1 Å². The fraction of sp³-hybridized carbons (Fsp3) is 0.300. The van der Waals surface area contributed by atoms with Crippen LogP contribution in [-0.4, -0.2) is 14.5 Å². The molecule has 8 heteroatoms. The number of alkyl halides is 3. The molecular formula is C10H6ClF3N4. The van der Waals surface area contributed by atoms with E-state index in [2.05, 4.69) is 9.97 Å². The molecule has 4 nitrogen and oxygen atoms in total. The van der Waals surface area contributed by atoms with Gasteiger partial charge in [-0.3, -0.25) is 0 Å². The predicted molar refractivity (Wildman–Crippen MR) is 57.8 cm³/mol. The molecule has 0 saturated carbocycles. The molecule has 0 unspecified atom stereocenters. The topological polar surface area (TPSA) is 54.5 Å². The van der Waals surface area contributed by atoms with E-state index in [1.165, 1.54) is 12.3 Å². The van der Waals surface area contributed by atoms with Gasteiger partial charge in [0.15, 0.2) is 5.65 Å². The normalized spacial score (nSPS) is 11.7. The molecule has 0 aromatic carbocycles. The van der Waals surface area contributed by atoms with Crippen LogP contribution in [0.2, 0.25) is 5.02 Å². The van der Waals surface area contributed by atoms with Gasteiger partial charge in [0.2, 0.25) is 5.82 Å². The van der Waals surface area contributed by atoms with E-state index in [1.54, 1.807) is 6.07 Å². The van der Waals surface area contributed by atoms with Crippen LogP contribution in [0.15, 0.2) is 12.3 Å². The van der Waals surface area contributed by atoms with Gasteiger partial charge in [-0.2, -0.15) is 18.4 Å². The Morgan fingerprint density at radius 1 is 1.44 bits per heavy atom. The van der Waals surface area contributed by atoms with Crippen LogP contribution < -0.4 is 0 Å². The van der Waals surface area contributed by atoms with Gasteiger partial charge in [0.25, 0.3) is 0 Å². The largest absolute Gasteiger partial charge is 0.449 e. The highest BCUT2D eigenvalue weighted by Crippen LogP contribution is 2.31. The summed E-state index contributed by atoms with van der Waals surface area (Å²) in [6, 6.07) is 3.10. The summed E-state index contributed by atoms with van der Waals surface area (Å²) >= 11 is 5.65. The lowest BCUT2D eigenvalue weighted by Gasteiger charge is -2.08. The maximum atomic E-state index is 12.8. The number of halogens is 4. The van der Waals surface area contributed by atoms with E-state index < -0.39 is 12.0 Å². The minimum Gasteiger partial charge on any atom is -0.304 e. The van der Waals surface area contributed by atoms with E-state index in [0.29, 0.717) is 0 Å². The molecule has 2 heterocycles. The summed E-state index contributed by atoms with van der Waals surface area (Å²) in [5, 5.41) is 8.68. The molecule has 0 aliphatic rings. The monoisotopic (exact) mass is 274 g/mol. The highest BCUT2D eigenvalue weighted by Gasteiger charge is 2.37. The maximum Gasteiger partial charge on any atom is 0.449 e. The quantitative estimate of drug-likeness (QED) is 0.846. The van der Waals surface area contributed by atoms with Crippen molar-refractivity contribution in [2.24, 2.45) is 0 Å². The second-order valence-corrected chi connectivity index (χ2v) is 3.93. The van der Waals surface area contributed by atoms with Crippen molar-refractivity contribution in [3.05, 3.63) is 23.1 Å². The fourth-order valence-electron chi connectivity index (χ4n) is 1.58. The zero-order valence-corrected chi connectivity index (χ0v) is 9.63. The number of nitrogens with zero attached hydrogens (tertiary/aromatic N) is 4. The highest BCUT2D eigenvalue weighted by molar-refractivity contribution is 6.31. The summed E-state index contributed by atoms with van der Waals surface area (Å²) in [6.45, 7) is -0.115. The first-order valence-corrected chi connectivity index (χ1v) is 5.27. The smallest absolute Gasteiger partial charge is 0.304 e. The van der Waals surface area contributed by atoms with Crippen molar-refractivity contribution in [3.63, 3.8) is 0 Å². The van der Waals surface area contributed by atoms with Crippen LogP contribution >= 0.6 is 11.6 Å². The van der Waals surface area contributed by atoms with Crippen LogP contribution in [0, 0.1) is 11.3 Å². The van der Waals surface area contributed by atoms with Gasteiger partial charge >= 0.3 is 6.18 Å². The molecule has 0 N–H and O–H groups in total. The summed E-state index contributed by atoms with van der Waals surface area (Å²) in [5.74, 6) is -1.07. The summed E-state index contributed by atoms with van der Waals surface area (Å²) in [6.07, 6.45) is -3.41. The van der Waals surface area contributed by atoms with E-state index in [0.717, 1.165) is 4.57 Å². The standard InChI is InChI=1S/C10H6ClF3N4/c11-6-4-7-8(16-5-6)18(3-1-2-15)9(17-7)10(12,13)14/h4-5H,1,3H2. The molecule has 0 amide bonds. The van der Waals surface area contributed by atoms with Crippen LogP contribution in [0.5, 0.6) is 0 Å². The predicted octanol–water partition coefficient (Wildman–Crippen LogP) is 3.02. The van der Waals surface area contributed by atoms with Gasteiger partial charge < -0.3 is 4.57 Å². The SMILES string of the molecule is N#CCCn1c(C(F)(F)F)nc2cc(Cl)cnc21. The summed E-state index contributed by atoms with van der Waals surface area (Å²) < 4.78 is 39.2. The Bertz CT molecular complexity index is 626. The zero-order chi connectivity index (χ0) is 13.3. The molecule has 2 rings (SSSR count). The van der Waals surface area contributed by atoms with Crippen molar-refractivity contribution in [3.8, 4) is 6.07 Å². The molecule has 2 aromatic rings. The number of aryl methyl sites for hydroxylation is 1. The van der Waals surface area contributed by atoms with Gasteiger partial charge in [-0.1, -0.05) is 11.6 Å². The number of fused-ring (bicyclic) bond motifs is 1. The maximum absolute atomic E-state index is 12.8. The van der Waals surface area contributed by atoms with Crippen molar-refractivity contribution in [1.29, 1.82) is 5.26 Å². The average Bonchev–Trinajstić information content (AvgIpc) is 2.63. The third-order valence-corrected chi connectivity index (χ3v) is 2.46. The average molecular weight is 275 g/mol. The summed E-state index contributed by atoms with van der Waals surface area (Å²) in [7, 11) is 0. The number of pyridine rings is 1. The molecule has 0 spiro atoms. The molecule has 0 aliphatic carbocycles. The Hall–Kier alpha value is -1.81. The zero-order valence-electron chi connectivity index (χ0n) is 8.87. The number of hydrogen-bond donors (Lipinski definition) is 0. The van der Waals surface area contributed by atoms with Crippen LogP contribution in [0.4, 0.5) is 13.2 Å². The van der Waals surface area contributed by atoms with Crippen LogP contribution in [-0.2, 0) is 12.7 Å². The number of nitriles is 1. The van der Waals surface area contributed by atoms with Gasteiger partial charge in [0, 0.05) is 12.7 Å². The molecule has 0 fully saturated rings. The van der Waals surface area contributed by atoms with Crippen LogP contribution in [0.3, 0.4) is 0 Å². The van der Waals surface area contributed by atoms with E-state index in [4.69, 9.17) is 16.9 Å². The molecule has 94 valence electrons. The molecule has 2 aromatic heterocycles. The summed E-state index contributed by atoms with van der Waals surface area (Å²) in [4.78, 5) is 7.31. The lowest BCUT2D eigenvalue weighted by Crippen LogP contribution is -2.15. The first kappa shape index (κ1) is 12.6. The van der Waals surface area contributed by atoms with Crippen molar-refractivity contribution in [2.75, 3.05) is 0 Å². The molecule has 0 aliphatic heterocycles. The third-order valence-electron chi connectivity index (χ3n) is 2.25. The molecular weight excluding hydrogens is 269 g/mol. The van der Waals surface area contributed by atoms with Gasteiger partial charge in [-0.15, -0.1) is 0 Å². The Morgan fingerprint density at radius 2 is 2.17 bits per heavy atom. The first-order chi connectivity index (χ1) is 8.43. The molecule has 0 atom stereocenters. The third kappa shape index (κ3) is 2.24. The van der Waals surface area contributed by atoms with Crippen molar-refractivity contribution in [1.82, 2.24) is 14.5 Å². The number of imidazole rings is 1. The Morgan fingerprint density at radius 3 is 2.78 bits per heavy atom. The van der Waals surface area contributed by atoms with Gasteiger partial charge in [-0.05, 0) is 6.07 Å². The van der Waals surface area contributed by atoms with Crippen molar-refractivity contribution < 1.29 is 13.2 Å². The summed E-state index contributed by atoms with van der Waals surface area (Å²) in [5.41, 5.74) is 0.134. The van der Waals surface area contributed by atoms with E-state index >= 15 is 0 Å². The Labute approximate surface area is 105 Å². The van der Waals surface area contributed by atoms with Gasteiger partial charge in [-0.25, -0.2) is 9.97 Å². The molecule has 0 saturated heterocycles. The fourth-order valence-corrected chi connectivity index (χ4v) is 1.73. The second-order valence-electron chi connectivity index (χ2n) is 3.49. The number of aromatic nitrogens is 3. The molecule has 0 radical (unpaired) electrons. The Balaban J connectivity index is 2.65. The number of rotatable bonds is 2. The van der Waals surface area contributed by atoms with Crippen molar-refractivity contribution >= 4 is 22.8 Å². The lowest BCUT2D eigenvalue weighted by molar-refractivity contribution is -0.146. The number of hydrogen-bond acceptors (Lipinski definition) is 3. The first-order valence-electron chi connectivity index (χ1n) is 4.89. The molecule has 0 bridgehead atoms. The van der Waals surface area contributed by atoms with E-state index in [9.17, 15) is 13.2 Å². The lowest BCUT2D eigenvalue weighted by atomic mass is 10.4. The minimum absolute atomic E-state index is 0.0567. The van der Waals surface area contributed by atoms with E-state index in [1.807, 2.05) is 0 Å². The van der Waals surface area contributed by atoms with Crippen LogP contribution in [0.25, 0.3) is 11.2 Å². The minimum atomic E-state index is -4.59. The molecule has 18 heavy (non-hydrogen) atoms. The van der Waals surface area contributed by atoms with Gasteiger partial charge in [0.1, 0.15) is 5.52 Å². The van der Waals surface area contributed by atoms with Gasteiger partial charge in [0.05, 0.1) is 17.5 Å². The Kier molecular flexibility index (Phi) is 3.13.